The first-order valence-corrected chi connectivity index (χ1v) is 9.12. The first-order valence-electron chi connectivity index (χ1n) is 8.31. The molecule has 0 radical (unpaired) electrons. The summed E-state index contributed by atoms with van der Waals surface area (Å²) >= 11 is 1.53. The first kappa shape index (κ1) is 16.5. The molecule has 0 aliphatic heterocycles. The molecule has 130 valence electrons. The zero-order chi connectivity index (χ0) is 17.9. The highest BCUT2D eigenvalue weighted by Crippen LogP contribution is 2.20. The van der Waals surface area contributed by atoms with E-state index in [4.69, 9.17) is 4.74 Å². The Hall–Kier alpha value is -2.99. The summed E-state index contributed by atoms with van der Waals surface area (Å²) in [4.78, 5) is 0.808. The Balaban J connectivity index is 1.57. The number of nitrogens with zero attached hydrogens (tertiary/aromatic N) is 4. The highest BCUT2D eigenvalue weighted by Gasteiger charge is 2.11. The summed E-state index contributed by atoms with van der Waals surface area (Å²) in [5.41, 5.74) is 3.58. The number of methoxy groups -OCH3 is 1. The number of benzene rings is 2. The Labute approximate surface area is 155 Å². The minimum absolute atomic E-state index is 0.721. The molecule has 0 N–H and O–H groups in total. The number of hydrogen-bond donors (Lipinski definition) is 0. The molecule has 0 aliphatic carbocycles. The maximum absolute atomic E-state index is 5.18. The lowest BCUT2D eigenvalue weighted by Gasteiger charge is -2.02. The van der Waals surface area contributed by atoms with Gasteiger partial charge in [-0.15, -0.1) is 10.2 Å². The standard InChI is InChI=1S/C20H18N4OS/c1-14-5-3-4-6-16(14)13-18-21-22-20-24(18)23-19(26-20)12-9-15-7-10-17(25-2)11-8-15/h3-12H,13H2,1-2H3/b12-9+. The summed E-state index contributed by atoms with van der Waals surface area (Å²) in [5, 5.41) is 14.1. The molecular weight excluding hydrogens is 344 g/mol. The molecule has 6 heteroatoms. The lowest BCUT2D eigenvalue weighted by atomic mass is 10.1. The Morgan fingerprint density at radius 1 is 1.04 bits per heavy atom. The van der Waals surface area contributed by atoms with Crippen LogP contribution < -0.4 is 4.74 Å². The number of aromatic nitrogens is 4. The minimum Gasteiger partial charge on any atom is -0.497 e. The highest BCUT2D eigenvalue weighted by atomic mass is 32.1. The van der Waals surface area contributed by atoms with E-state index in [-0.39, 0.29) is 0 Å². The summed E-state index contributed by atoms with van der Waals surface area (Å²) < 4.78 is 7.02. The largest absolute Gasteiger partial charge is 0.497 e. The molecule has 2 heterocycles. The Kier molecular flexibility index (Phi) is 4.50. The summed E-state index contributed by atoms with van der Waals surface area (Å²) in [7, 11) is 1.67. The van der Waals surface area contributed by atoms with Gasteiger partial charge in [0.2, 0.25) is 4.96 Å². The average molecular weight is 362 g/mol. The third-order valence-electron chi connectivity index (χ3n) is 4.22. The normalized spacial score (nSPS) is 11.5. The van der Waals surface area contributed by atoms with E-state index in [0.717, 1.165) is 33.5 Å². The van der Waals surface area contributed by atoms with Gasteiger partial charge in [-0.3, -0.25) is 0 Å². The van der Waals surface area contributed by atoms with Gasteiger partial charge in [-0.05, 0) is 41.8 Å². The monoisotopic (exact) mass is 362 g/mol. The van der Waals surface area contributed by atoms with Gasteiger partial charge >= 0.3 is 0 Å². The Bertz CT molecular complexity index is 1060. The SMILES string of the molecule is COc1ccc(/C=C/c2nn3c(Cc4ccccc4C)nnc3s2)cc1. The fourth-order valence-electron chi connectivity index (χ4n) is 2.71. The summed E-state index contributed by atoms with van der Waals surface area (Å²) in [6.45, 7) is 2.11. The van der Waals surface area contributed by atoms with Crippen LogP contribution in [0.4, 0.5) is 0 Å². The molecule has 0 spiro atoms. The smallest absolute Gasteiger partial charge is 0.234 e. The second-order valence-corrected chi connectivity index (χ2v) is 6.95. The van der Waals surface area contributed by atoms with Crippen LogP contribution in [0.25, 0.3) is 17.1 Å². The van der Waals surface area contributed by atoms with Crippen molar-refractivity contribution in [3.63, 3.8) is 0 Å². The van der Waals surface area contributed by atoms with E-state index in [1.807, 2.05) is 53.1 Å². The zero-order valence-corrected chi connectivity index (χ0v) is 15.4. The predicted octanol–water partition coefficient (Wildman–Crippen LogP) is 4.26. The third kappa shape index (κ3) is 3.36. The van der Waals surface area contributed by atoms with Gasteiger partial charge in [-0.2, -0.15) is 9.61 Å². The quantitative estimate of drug-likeness (QED) is 0.532. The van der Waals surface area contributed by atoms with Crippen LogP contribution in [0.15, 0.2) is 48.5 Å². The molecule has 0 saturated carbocycles. The van der Waals surface area contributed by atoms with Crippen LogP contribution in [0.3, 0.4) is 0 Å². The van der Waals surface area contributed by atoms with Gasteiger partial charge in [0.25, 0.3) is 0 Å². The molecule has 2 aromatic heterocycles. The van der Waals surface area contributed by atoms with Crippen molar-refractivity contribution in [1.29, 1.82) is 0 Å². The Morgan fingerprint density at radius 3 is 2.62 bits per heavy atom. The van der Waals surface area contributed by atoms with E-state index >= 15 is 0 Å². The molecule has 4 aromatic rings. The van der Waals surface area contributed by atoms with Gasteiger partial charge in [0.05, 0.1) is 7.11 Å². The summed E-state index contributed by atoms with van der Waals surface area (Å²) in [6, 6.07) is 16.2. The van der Waals surface area contributed by atoms with Crippen LogP contribution in [0, 0.1) is 6.92 Å². The molecule has 26 heavy (non-hydrogen) atoms. The number of rotatable bonds is 5. The van der Waals surface area contributed by atoms with Crippen LogP contribution in [-0.2, 0) is 6.42 Å². The molecule has 0 saturated heterocycles. The fourth-order valence-corrected chi connectivity index (χ4v) is 3.47. The van der Waals surface area contributed by atoms with Crippen molar-refractivity contribution < 1.29 is 4.74 Å². The van der Waals surface area contributed by atoms with Gasteiger partial charge in [-0.1, -0.05) is 53.8 Å². The highest BCUT2D eigenvalue weighted by molar-refractivity contribution is 7.17. The van der Waals surface area contributed by atoms with Crippen molar-refractivity contribution in [2.24, 2.45) is 0 Å². The lowest BCUT2D eigenvalue weighted by molar-refractivity contribution is 0.415. The second kappa shape index (κ2) is 7.09. The van der Waals surface area contributed by atoms with Crippen LogP contribution in [0.2, 0.25) is 0 Å². The Morgan fingerprint density at radius 2 is 1.85 bits per heavy atom. The molecule has 4 rings (SSSR count). The number of hydrogen-bond acceptors (Lipinski definition) is 5. The molecule has 0 amide bonds. The van der Waals surface area contributed by atoms with Crippen molar-refractivity contribution in [2.75, 3.05) is 7.11 Å². The fraction of sp³-hybridized carbons (Fsp3) is 0.150. The number of aryl methyl sites for hydroxylation is 1. The summed E-state index contributed by atoms with van der Waals surface area (Å²) in [6.07, 6.45) is 4.75. The molecule has 0 unspecified atom stereocenters. The van der Waals surface area contributed by atoms with E-state index in [9.17, 15) is 0 Å². The molecule has 5 nitrogen and oxygen atoms in total. The maximum Gasteiger partial charge on any atom is 0.234 e. The van der Waals surface area contributed by atoms with Crippen LogP contribution in [0.1, 0.15) is 27.5 Å². The van der Waals surface area contributed by atoms with E-state index in [0.29, 0.717) is 0 Å². The zero-order valence-electron chi connectivity index (χ0n) is 14.6. The van der Waals surface area contributed by atoms with Gasteiger partial charge in [-0.25, -0.2) is 0 Å². The van der Waals surface area contributed by atoms with Crippen molar-refractivity contribution >= 4 is 28.4 Å². The molecule has 0 fully saturated rings. The average Bonchev–Trinajstić information content (AvgIpc) is 3.23. The second-order valence-electron chi connectivity index (χ2n) is 5.96. The molecule has 0 bridgehead atoms. The molecular formula is C20H18N4OS. The lowest BCUT2D eigenvalue weighted by Crippen LogP contribution is -1.99. The van der Waals surface area contributed by atoms with Crippen LogP contribution in [0.5, 0.6) is 5.75 Å². The van der Waals surface area contributed by atoms with E-state index in [1.165, 1.54) is 22.5 Å². The van der Waals surface area contributed by atoms with Crippen molar-refractivity contribution in [3.8, 4) is 5.75 Å². The molecule has 2 aromatic carbocycles. The predicted molar refractivity (Wildman–Crippen MR) is 105 cm³/mol. The topological polar surface area (TPSA) is 52.3 Å². The van der Waals surface area contributed by atoms with Gasteiger partial charge in [0.15, 0.2) is 5.82 Å². The number of fused-ring (bicyclic) bond motifs is 1. The summed E-state index contributed by atoms with van der Waals surface area (Å²) in [5.74, 6) is 1.71. The first-order chi connectivity index (χ1) is 12.7. The molecule has 0 atom stereocenters. The number of ether oxygens (including phenoxy) is 1. The maximum atomic E-state index is 5.18. The van der Waals surface area contributed by atoms with Crippen molar-refractivity contribution in [3.05, 3.63) is 76.1 Å². The van der Waals surface area contributed by atoms with Gasteiger partial charge < -0.3 is 4.74 Å². The van der Waals surface area contributed by atoms with Crippen LogP contribution in [-0.4, -0.2) is 26.9 Å². The van der Waals surface area contributed by atoms with E-state index in [1.54, 1.807) is 7.11 Å². The van der Waals surface area contributed by atoms with Crippen molar-refractivity contribution in [1.82, 2.24) is 19.8 Å². The van der Waals surface area contributed by atoms with E-state index < -0.39 is 0 Å². The van der Waals surface area contributed by atoms with Gasteiger partial charge in [0.1, 0.15) is 10.8 Å². The van der Waals surface area contributed by atoms with Crippen molar-refractivity contribution in [2.45, 2.75) is 13.3 Å². The molecule has 0 aliphatic rings. The van der Waals surface area contributed by atoms with E-state index in [2.05, 4.69) is 34.4 Å². The minimum atomic E-state index is 0.721. The van der Waals surface area contributed by atoms with Crippen LogP contribution >= 0.6 is 11.3 Å². The third-order valence-corrected chi connectivity index (χ3v) is 5.08. The van der Waals surface area contributed by atoms with Gasteiger partial charge in [0, 0.05) is 6.42 Å².